The molecule has 0 aliphatic carbocycles. The Balaban J connectivity index is 3.61. The Morgan fingerprint density at radius 1 is 1.33 bits per heavy atom. The molecule has 72 valence electrons. The summed E-state index contributed by atoms with van der Waals surface area (Å²) in [5.41, 5.74) is 0. The van der Waals surface area contributed by atoms with E-state index in [1.54, 1.807) is 6.92 Å². The van der Waals surface area contributed by atoms with E-state index in [9.17, 15) is 4.79 Å². The second-order valence-electron chi connectivity index (χ2n) is 3.05. The second-order valence-corrected chi connectivity index (χ2v) is 3.05. The van der Waals surface area contributed by atoms with Crippen molar-refractivity contribution in [3.63, 3.8) is 0 Å². The Bertz CT molecular complexity index is 132. The van der Waals surface area contributed by atoms with E-state index in [4.69, 9.17) is 9.47 Å². The standard InChI is InChI=1S/C9H18O3/c1-5-11-6-8(4)9(10)12-7(2)3/h7-8H,5-6H2,1-4H3. The van der Waals surface area contributed by atoms with Crippen molar-refractivity contribution in [1.82, 2.24) is 0 Å². The molecular weight excluding hydrogens is 156 g/mol. The van der Waals surface area contributed by atoms with Gasteiger partial charge in [0.2, 0.25) is 0 Å². The van der Waals surface area contributed by atoms with Crippen LogP contribution in [0.15, 0.2) is 0 Å². The molecule has 0 bridgehead atoms. The summed E-state index contributed by atoms with van der Waals surface area (Å²) in [6, 6.07) is 0. The number of esters is 1. The molecular formula is C9H18O3. The smallest absolute Gasteiger partial charge is 0.311 e. The van der Waals surface area contributed by atoms with Gasteiger partial charge in [0, 0.05) is 6.61 Å². The zero-order valence-corrected chi connectivity index (χ0v) is 8.29. The lowest BCUT2D eigenvalue weighted by Crippen LogP contribution is -2.22. The lowest BCUT2D eigenvalue weighted by Gasteiger charge is -2.13. The van der Waals surface area contributed by atoms with Crippen LogP contribution in [-0.4, -0.2) is 25.3 Å². The number of rotatable bonds is 5. The van der Waals surface area contributed by atoms with Gasteiger partial charge in [-0.15, -0.1) is 0 Å². The molecule has 0 heterocycles. The summed E-state index contributed by atoms with van der Waals surface area (Å²) in [6.45, 7) is 8.47. The van der Waals surface area contributed by atoms with Crippen LogP contribution in [0.5, 0.6) is 0 Å². The van der Waals surface area contributed by atoms with Gasteiger partial charge in [0.05, 0.1) is 18.6 Å². The third-order valence-electron chi connectivity index (χ3n) is 1.33. The largest absolute Gasteiger partial charge is 0.463 e. The number of ether oxygens (including phenoxy) is 2. The summed E-state index contributed by atoms with van der Waals surface area (Å²) >= 11 is 0. The number of carbonyl (C=O) groups is 1. The number of carbonyl (C=O) groups excluding carboxylic acids is 1. The van der Waals surface area contributed by atoms with Gasteiger partial charge < -0.3 is 9.47 Å². The number of hydrogen-bond donors (Lipinski definition) is 0. The SMILES string of the molecule is CCOCC(C)C(=O)OC(C)C. The minimum atomic E-state index is -0.182. The molecule has 0 aromatic rings. The molecule has 0 radical (unpaired) electrons. The van der Waals surface area contributed by atoms with Crippen molar-refractivity contribution in [2.45, 2.75) is 33.8 Å². The molecule has 3 heteroatoms. The van der Waals surface area contributed by atoms with E-state index in [1.165, 1.54) is 0 Å². The first-order valence-corrected chi connectivity index (χ1v) is 4.36. The monoisotopic (exact) mass is 174 g/mol. The van der Waals surface area contributed by atoms with E-state index >= 15 is 0 Å². The maximum atomic E-state index is 11.2. The quantitative estimate of drug-likeness (QED) is 0.594. The van der Waals surface area contributed by atoms with Crippen molar-refractivity contribution in [2.24, 2.45) is 5.92 Å². The molecule has 3 nitrogen and oxygen atoms in total. The molecule has 1 atom stereocenters. The molecule has 0 N–H and O–H groups in total. The topological polar surface area (TPSA) is 35.5 Å². The Hall–Kier alpha value is -0.570. The molecule has 0 aromatic heterocycles. The van der Waals surface area contributed by atoms with Gasteiger partial charge in [0.15, 0.2) is 0 Å². The van der Waals surface area contributed by atoms with Crippen molar-refractivity contribution >= 4 is 5.97 Å². The average Bonchev–Trinajstić information content (AvgIpc) is 1.98. The zero-order valence-electron chi connectivity index (χ0n) is 8.29. The molecule has 1 unspecified atom stereocenters. The second kappa shape index (κ2) is 6.00. The van der Waals surface area contributed by atoms with Crippen molar-refractivity contribution < 1.29 is 14.3 Å². The highest BCUT2D eigenvalue weighted by atomic mass is 16.5. The third kappa shape index (κ3) is 5.13. The van der Waals surface area contributed by atoms with Crippen LogP contribution in [0.1, 0.15) is 27.7 Å². The highest BCUT2D eigenvalue weighted by Crippen LogP contribution is 2.01. The van der Waals surface area contributed by atoms with Crippen molar-refractivity contribution in [3.05, 3.63) is 0 Å². The molecule has 0 spiro atoms. The first-order valence-electron chi connectivity index (χ1n) is 4.36. The zero-order chi connectivity index (χ0) is 9.56. The summed E-state index contributed by atoms with van der Waals surface area (Å²) in [7, 11) is 0. The minimum absolute atomic E-state index is 0.0402. The Labute approximate surface area is 74.0 Å². The van der Waals surface area contributed by atoms with Crippen molar-refractivity contribution in [1.29, 1.82) is 0 Å². The first-order chi connectivity index (χ1) is 5.57. The van der Waals surface area contributed by atoms with Gasteiger partial charge in [0.1, 0.15) is 0 Å². The fourth-order valence-corrected chi connectivity index (χ4v) is 0.711. The number of hydrogen-bond acceptors (Lipinski definition) is 3. The van der Waals surface area contributed by atoms with Crippen LogP contribution in [-0.2, 0) is 14.3 Å². The van der Waals surface area contributed by atoms with Crippen LogP contribution in [0.2, 0.25) is 0 Å². The lowest BCUT2D eigenvalue weighted by molar-refractivity contribution is -0.153. The normalized spacial score (nSPS) is 13.1. The molecule has 0 saturated heterocycles. The van der Waals surface area contributed by atoms with Gasteiger partial charge in [-0.3, -0.25) is 4.79 Å². The molecule has 0 rings (SSSR count). The van der Waals surface area contributed by atoms with E-state index < -0.39 is 0 Å². The Morgan fingerprint density at radius 2 is 1.92 bits per heavy atom. The maximum absolute atomic E-state index is 11.2. The molecule has 0 aromatic carbocycles. The highest BCUT2D eigenvalue weighted by molar-refractivity contribution is 5.72. The van der Waals surface area contributed by atoms with Crippen molar-refractivity contribution in [2.75, 3.05) is 13.2 Å². The van der Waals surface area contributed by atoms with Crippen LogP contribution in [0.4, 0.5) is 0 Å². The summed E-state index contributed by atoms with van der Waals surface area (Å²) in [5.74, 6) is -0.342. The van der Waals surface area contributed by atoms with Gasteiger partial charge >= 0.3 is 5.97 Å². The van der Waals surface area contributed by atoms with E-state index in [0.29, 0.717) is 13.2 Å². The predicted molar refractivity (Wildman–Crippen MR) is 46.9 cm³/mol. The average molecular weight is 174 g/mol. The summed E-state index contributed by atoms with van der Waals surface area (Å²) in [4.78, 5) is 11.2. The highest BCUT2D eigenvalue weighted by Gasteiger charge is 2.15. The fourth-order valence-electron chi connectivity index (χ4n) is 0.711. The van der Waals surface area contributed by atoms with Crippen LogP contribution < -0.4 is 0 Å². The minimum Gasteiger partial charge on any atom is -0.463 e. The van der Waals surface area contributed by atoms with Crippen LogP contribution in [0.25, 0.3) is 0 Å². The van der Waals surface area contributed by atoms with Crippen LogP contribution in [0.3, 0.4) is 0 Å². The molecule has 12 heavy (non-hydrogen) atoms. The molecule has 0 saturated carbocycles. The van der Waals surface area contributed by atoms with Gasteiger partial charge in [-0.05, 0) is 27.7 Å². The van der Waals surface area contributed by atoms with E-state index in [2.05, 4.69) is 0 Å². The van der Waals surface area contributed by atoms with Crippen molar-refractivity contribution in [3.8, 4) is 0 Å². The summed E-state index contributed by atoms with van der Waals surface area (Å²) in [6.07, 6.45) is -0.0402. The fraction of sp³-hybridized carbons (Fsp3) is 0.889. The summed E-state index contributed by atoms with van der Waals surface area (Å²) in [5, 5.41) is 0. The van der Waals surface area contributed by atoms with Crippen LogP contribution in [0, 0.1) is 5.92 Å². The molecule has 0 aliphatic heterocycles. The van der Waals surface area contributed by atoms with Crippen LogP contribution >= 0.6 is 0 Å². The van der Waals surface area contributed by atoms with E-state index in [-0.39, 0.29) is 18.0 Å². The third-order valence-corrected chi connectivity index (χ3v) is 1.33. The molecule has 0 fully saturated rings. The first kappa shape index (κ1) is 11.4. The maximum Gasteiger partial charge on any atom is 0.311 e. The molecule has 0 amide bonds. The van der Waals surface area contributed by atoms with Gasteiger partial charge in [-0.25, -0.2) is 0 Å². The predicted octanol–water partition coefficient (Wildman–Crippen LogP) is 1.61. The van der Waals surface area contributed by atoms with E-state index in [1.807, 2.05) is 20.8 Å². The van der Waals surface area contributed by atoms with Gasteiger partial charge in [-0.1, -0.05) is 0 Å². The van der Waals surface area contributed by atoms with E-state index in [0.717, 1.165) is 0 Å². The van der Waals surface area contributed by atoms with Gasteiger partial charge in [0.25, 0.3) is 0 Å². The Kier molecular flexibility index (Phi) is 5.72. The Morgan fingerprint density at radius 3 is 2.33 bits per heavy atom. The lowest BCUT2D eigenvalue weighted by atomic mass is 10.2. The van der Waals surface area contributed by atoms with Gasteiger partial charge in [-0.2, -0.15) is 0 Å². The molecule has 0 aliphatic rings. The summed E-state index contributed by atoms with van der Waals surface area (Å²) < 4.78 is 10.1.